The van der Waals surface area contributed by atoms with Crippen LogP contribution in [-0.2, 0) is 0 Å². The lowest BCUT2D eigenvalue weighted by Crippen LogP contribution is -2.65. The second kappa shape index (κ2) is 8.66. The van der Waals surface area contributed by atoms with Crippen LogP contribution in [0.15, 0.2) is 71.4 Å². The minimum absolute atomic E-state index is 0.119. The number of Topliss-reactive ketones (excluding diaryl/α,β-unsaturated/α-hetero) is 1. The van der Waals surface area contributed by atoms with Gasteiger partial charge in [-0.15, -0.1) is 0 Å². The number of amides is 1. The number of ketones is 1. The topological polar surface area (TPSA) is 84.6 Å². The molecule has 3 aromatic rings. The van der Waals surface area contributed by atoms with E-state index in [2.05, 4.69) is 15.5 Å². The van der Waals surface area contributed by atoms with Crippen LogP contribution in [0.25, 0.3) is 5.32 Å². The van der Waals surface area contributed by atoms with Gasteiger partial charge in [-0.25, -0.2) is 0 Å². The van der Waals surface area contributed by atoms with Gasteiger partial charge in [0.2, 0.25) is 5.27 Å². The maximum Gasteiger partial charge on any atom is 0.257 e. The van der Waals surface area contributed by atoms with Crippen LogP contribution in [0.5, 0.6) is 0 Å². The van der Waals surface area contributed by atoms with Crippen molar-refractivity contribution in [2.24, 2.45) is 0 Å². The van der Waals surface area contributed by atoms with E-state index in [-0.39, 0.29) is 17.6 Å². The molecule has 0 aliphatic carbocycles. The minimum atomic E-state index is -0.377. The third-order valence-electron chi connectivity index (χ3n) is 4.78. The Balaban J connectivity index is 1.29. The summed E-state index contributed by atoms with van der Waals surface area (Å²) in [5.41, 5.74) is 1.22. The standard InChI is InChI=1S/C21H21N5O3/c27-19(17-7-3-1-4-8-17)15-24-11-13-25(14-12-24)26-16-20(29-23-26)22-21(28)18-9-5-2-6-10-18/h1-10,16H,11-15H2. The Morgan fingerprint density at radius 1 is 0.931 bits per heavy atom. The molecular formula is C21H21N5O3. The van der Waals surface area contributed by atoms with Gasteiger partial charge in [0.15, 0.2) is 5.78 Å². The van der Waals surface area contributed by atoms with Crippen LogP contribution in [0, 0.1) is 0 Å². The highest BCUT2D eigenvalue weighted by atomic mass is 16.5. The molecule has 1 fully saturated rings. The molecule has 0 saturated carbocycles. The molecule has 1 aliphatic rings. The third-order valence-corrected chi connectivity index (χ3v) is 4.78. The van der Waals surface area contributed by atoms with Crippen molar-refractivity contribution in [2.75, 3.05) is 37.7 Å². The first-order chi connectivity index (χ1) is 14.2. The predicted molar refractivity (Wildman–Crippen MR) is 106 cm³/mol. The lowest BCUT2D eigenvalue weighted by Gasteiger charge is -2.29. The molecule has 0 radical (unpaired) electrons. The Morgan fingerprint density at radius 3 is 2.21 bits per heavy atom. The first-order valence-corrected chi connectivity index (χ1v) is 9.45. The summed E-state index contributed by atoms with van der Waals surface area (Å²) in [6.45, 7) is 3.23. The summed E-state index contributed by atoms with van der Waals surface area (Å²) < 4.78 is 5.18. The van der Waals surface area contributed by atoms with Gasteiger partial charge in [0.05, 0.1) is 30.3 Å². The van der Waals surface area contributed by atoms with Crippen molar-refractivity contribution >= 4 is 17.6 Å². The Bertz CT molecular complexity index is 966. The molecule has 2 heterocycles. The average Bonchev–Trinajstić information content (AvgIpc) is 3.24. The van der Waals surface area contributed by atoms with E-state index in [0.29, 0.717) is 25.2 Å². The molecular weight excluding hydrogens is 370 g/mol. The first kappa shape index (κ1) is 18.8. The van der Waals surface area contributed by atoms with E-state index in [1.54, 1.807) is 35.3 Å². The van der Waals surface area contributed by atoms with E-state index >= 15 is 0 Å². The highest BCUT2D eigenvalue weighted by Crippen LogP contribution is 2.18. The van der Waals surface area contributed by atoms with Crippen LogP contribution < -0.4 is 9.80 Å². The maximum atomic E-state index is 12.4. The molecule has 2 aromatic carbocycles. The number of hydrogen-bond donors (Lipinski definition) is 0. The van der Waals surface area contributed by atoms with Crippen molar-refractivity contribution in [1.29, 1.82) is 0 Å². The SMILES string of the molecule is O=C(CN1CCN([n+]2cc([N-]C(=O)c3ccccc3)on2)CC1)c1ccccc1. The van der Waals surface area contributed by atoms with E-state index in [0.717, 1.165) is 18.7 Å². The van der Waals surface area contributed by atoms with Crippen molar-refractivity contribution in [3.8, 4) is 0 Å². The maximum absolute atomic E-state index is 12.4. The van der Waals surface area contributed by atoms with Crippen molar-refractivity contribution in [3.63, 3.8) is 0 Å². The van der Waals surface area contributed by atoms with Crippen molar-refractivity contribution in [1.82, 2.24) is 10.2 Å². The molecule has 8 nitrogen and oxygen atoms in total. The van der Waals surface area contributed by atoms with Crippen LogP contribution in [0.3, 0.4) is 0 Å². The average molecular weight is 391 g/mol. The van der Waals surface area contributed by atoms with Gasteiger partial charge in [-0.05, 0) is 5.56 Å². The predicted octanol–water partition coefficient (Wildman–Crippen LogP) is 1.94. The van der Waals surface area contributed by atoms with Crippen molar-refractivity contribution < 1.29 is 18.9 Å². The highest BCUT2D eigenvalue weighted by Gasteiger charge is 2.26. The molecule has 1 amide bonds. The molecule has 1 aliphatic heterocycles. The first-order valence-electron chi connectivity index (χ1n) is 9.45. The van der Waals surface area contributed by atoms with E-state index in [9.17, 15) is 9.59 Å². The van der Waals surface area contributed by atoms with E-state index < -0.39 is 0 Å². The van der Waals surface area contributed by atoms with Crippen LogP contribution in [0.4, 0.5) is 5.88 Å². The van der Waals surface area contributed by atoms with Crippen molar-refractivity contribution in [3.05, 3.63) is 83.3 Å². The molecule has 0 atom stereocenters. The van der Waals surface area contributed by atoms with E-state index in [4.69, 9.17) is 4.52 Å². The molecule has 148 valence electrons. The summed E-state index contributed by atoms with van der Waals surface area (Å²) in [4.78, 5) is 28.2. The van der Waals surface area contributed by atoms with Crippen LogP contribution >= 0.6 is 0 Å². The van der Waals surface area contributed by atoms with E-state index in [1.807, 2.05) is 41.4 Å². The molecule has 1 aromatic heterocycles. The Labute approximate surface area is 168 Å². The highest BCUT2D eigenvalue weighted by molar-refractivity contribution is 6.07. The zero-order chi connectivity index (χ0) is 20.1. The lowest BCUT2D eigenvalue weighted by molar-refractivity contribution is -0.759. The number of benzene rings is 2. The van der Waals surface area contributed by atoms with Gasteiger partial charge in [0, 0.05) is 18.7 Å². The normalized spacial score (nSPS) is 14.6. The van der Waals surface area contributed by atoms with Crippen LogP contribution in [0.2, 0.25) is 0 Å². The Kier molecular flexibility index (Phi) is 5.62. The second-order valence-corrected chi connectivity index (χ2v) is 6.76. The largest absolute Gasteiger partial charge is 0.584 e. The Morgan fingerprint density at radius 2 is 1.55 bits per heavy atom. The van der Waals surface area contributed by atoms with Gasteiger partial charge in [0.25, 0.3) is 6.20 Å². The quantitative estimate of drug-likeness (QED) is 0.472. The monoisotopic (exact) mass is 391 g/mol. The van der Waals surface area contributed by atoms with Crippen LogP contribution in [-0.4, -0.2) is 54.6 Å². The van der Waals surface area contributed by atoms with Gasteiger partial charge in [-0.2, -0.15) is 5.01 Å². The Hall–Kier alpha value is -3.52. The van der Waals surface area contributed by atoms with Gasteiger partial charge < -0.3 is 14.6 Å². The molecule has 0 N–H and O–H groups in total. The minimum Gasteiger partial charge on any atom is -0.584 e. The number of rotatable bonds is 6. The third kappa shape index (κ3) is 4.67. The fraction of sp³-hybridized carbons (Fsp3) is 0.238. The van der Waals surface area contributed by atoms with Gasteiger partial charge >= 0.3 is 0 Å². The summed E-state index contributed by atoms with van der Waals surface area (Å²) >= 11 is 0. The number of nitrogens with zero attached hydrogens (tertiary/aromatic N) is 5. The summed E-state index contributed by atoms with van der Waals surface area (Å²) in [6, 6.07) is 18.1. The summed E-state index contributed by atoms with van der Waals surface area (Å²) in [7, 11) is 0. The summed E-state index contributed by atoms with van der Waals surface area (Å²) in [5, 5.41) is 9.90. The van der Waals surface area contributed by atoms with Gasteiger partial charge in [-0.3, -0.25) is 9.69 Å². The fourth-order valence-corrected chi connectivity index (χ4v) is 3.18. The van der Waals surface area contributed by atoms with Gasteiger partial charge in [0.1, 0.15) is 5.88 Å². The zero-order valence-corrected chi connectivity index (χ0v) is 15.8. The summed E-state index contributed by atoms with van der Waals surface area (Å²) in [6.07, 6.45) is 1.59. The second-order valence-electron chi connectivity index (χ2n) is 6.76. The molecule has 4 rings (SSSR count). The van der Waals surface area contributed by atoms with Crippen LogP contribution in [0.1, 0.15) is 20.7 Å². The number of carbonyl (C=O) groups is 2. The smallest absolute Gasteiger partial charge is 0.257 e. The molecule has 8 heteroatoms. The van der Waals surface area contributed by atoms with E-state index in [1.165, 1.54) is 0 Å². The number of hydrogen-bond acceptors (Lipinski definition) is 6. The molecule has 0 spiro atoms. The molecule has 0 bridgehead atoms. The number of aromatic nitrogens is 2. The van der Waals surface area contributed by atoms with Gasteiger partial charge in [-0.1, -0.05) is 60.7 Å². The lowest BCUT2D eigenvalue weighted by atomic mass is 10.1. The molecule has 1 saturated heterocycles. The van der Waals surface area contributed by atoms with Crippen molar-refractivity contribution in [2.45, 2.75) is 0 Å². The number of piperazine rings is 1. The molecule has 29 heavy (non-hydrogen) atoms. The zero-order valence-electron chi connectivity index (χ0n) is 15.8. The fourth-order valence-electron chi connectivity index (χ4n) is 3.18. The number of carbonyl (C=O) groups excluding carboxylic acids is 2. The summed E-state index contributed by atoms with van der Waals surface area (Å²) in [5.74, 6) is -0.104. The molecule has 0 unspecified atom stereocenters.